The van der Waals surface area contributed by atoms with E-state index in [2.05, 4.69) is 6.58 Å². The Bertz CT molecular complexity index is 192. The van der Waals surface area contributed by atoms with Crippen LogP contribution in [0.15, 0.2) is 12.7 Å². The molecule has 7 heavy (non-hydrogen) atoms. The second-order valence-corrected chi connectivity index (χ2v) is 1.57. The number of rotatable bonds is 1. The van der Waals surface area contributed by atoms with Gasteiger partial charge in [0.2, 0.25) is 0 Å². The molecule has 40 valence electrons. The minimum Gasteiger partial charge on any atom is -0.103 e. The van der Waals surface area contributed by atoms with Crippen LogP contribution in [0, 0.1) is 5.89 Å². The lowest BCUT2D eigenvalue weighted by atomic mass is 10.1. The van der Waals surface area contributed by atoms with Crippen LogP contribution < -0.4 is 0 Å². The van der Waals surface area contributed by atoms with Crippen molar-refractivity contribution in [3.05, 3.63) is 12.7 Å². The van der Waals surface area contributed by atoms with E-state index >= 15 is 0 Å². The van der Waals surface area contributed by atoms with Gasteiger partial charge in [-0.05, 0) is 18.7 Å². The Labute approximate surface area is 52.3 Å². The van der Waals surface area contributed by atoms with Crippen LogP contribution in [-0.2, 0) is 0 Å². The summed E-state index contributed by atoms with van der Waals surface area (Å²) in [7, 11) is 0. The lowest BCUT2D eigenvalue weighted by Crippen LogP contribution is -1.81. The molecule has 0 aromatic heterocycles. The van der Waals surface area contributed by atoms with Crippen molar-refractivity contribution >= 4 is 0 Å². The summed E-state index contributed by atoms with van der Waals surface area (Å²) in [5.41, 5.74) is 0. The molecule has 0 bridgehead atoms. The lowest BCUT2D eigenvalue weighted by Gasteiger charge is -1.94. The van der Waals surface area contributed by atoms with Crippen molar-refractivity contribution in [1.82, 2.24) is 0 Å². The fourth-order valence-electron chi connectivity index (χ4n) is 0.559. The first-order chi connectivity index (χ1) is 5.22. The van der Waals surface area contributed by atoms with E-state index in [9.17, 15) is 0 Å². The Hall–Kier alpha value is -0.260. The van der Waals surface area contributed by atoms with Gasteiger partial charge >= 0.3 is 0 Å². The molecule has 1 rings (SSSR count). The van der Waals surface area contributed by atoms with Crippen molar-refractivity contribution in [2.75, 3.05) is 0 Å². The number of hydrogen-bond donors (Lipinski definition) is 0. The molecular formula is C7H12. The van der Waals surface area contributed by atoms with Gasteiger partial charge in [-0.15, -0.1) is 6.58 Å². The van der Waals surface area contributed by atoms with E-state index in [4.69, 9.17) is 6.85 Å². The van der Waals surface area contributed by atoms with Crippen LogP contribution in [0.25, 0.3) is 0 Å². The Morgan fingerprint density at radius 1 is 1.71 bits per heavy atom. The summed E-state index contributed by atoms with van der Waals surface area (Å²) in [4.78, 5) is 0. The maximum absolute atomic E-state index is 7.64. The van der Waals surface area contributed by atoms with Gasteiger partial charge in [0.05, 0.1) is 0 Å². The summed E-state index contributed by atoms with van der Waals surface area (Å²) in [6.45, 7) is 3.42. The molecule has 0 amide bonds. The van der Waals surface area contributed by atoms with Gasteiger partial charge < -0.3 is 0 Å². The van der Waals surface area contributed by atoms with Gasteiger partial charge in [0.1, 0.15) is 0 Å². The Morgan fingerprint density at radius 3 is 2.57 bits per heavy atom. The lowest BCUT2D eigenvalue weighted by molar-refractivity contribution is 0.688. The summed E-state index contributed by atoms with van der Waals surface area (Å²) in [6.07, 6.45) is -2.67. The van der Waals surface area contributed by atoms with Gasteiger partial charge in [0.15, 0.2) is 0 Å². The van der Waals surface area contributed by atoms with Gasteiger partial charge in [-0.3, -0.25) is 0 Å². The Kier molecular flexibility index (Phi) is 0.495. The highest BCUT2D eigenvalue weighted by Gasteiger charge is 2.09. The fraction of sp³-hybridized carbons (Fsp3) is 0.714. The molecule has 0 aliphatic heterocycles. The molecule has 1 fully saturated rings. The van der Waals surface area contributed by atoms with E-state index in [-0.39, 0.29) is 12.8 Å². The van der Waals surface area contributed by atoms with Crippen LogP contribution >= 0.6 is 0 Å². The predicted molar refractivity (Wildman–Crippen MR) is 32.2 cm³/mol. The molecule has 0 nitrogen and oxygen atoms in total. The maximum atomic E-state index is 7.64. The van der Waals surface area contributed by atoms with Gasteiger partial charge in [-0.1, -0.05) is 18.8 Å². The molecule has 0 heteroatoms. The van der Waals surface area contributed by atoms with Crippen molar-refractivity contribution in [2.45, 2.75) is 25.6 Å². The summed E-state index contributed by atoms with van der Waals surface area (Å²) < 4.78 is 37.1. The fourth-order valence-corrected chi connectivity index (χ4v) is 0.559. The van der Waals surface area contributed by atoms with Crippen molar-refractivity contribution in [3.8, 4) is 0 Å². The normalized spacial score (nSPS) is 52.3. The SMILES string of the molecule is [2H]C1(C=C)CC([2H])([2H])C([2H])([2H])C1. The van der Waals surface area contributed by atoms with Crippen LogP contribution in [0.4, 0.5) is 0 Å². The highest BCUT2D eigenvalue weighted by atomic mass is 14.1. The zero-order valence-corrected chi connectivity index (χ0v) is 4.20. The zero-order valence-electron chi connectivity index (χ0n) is 9.20. The minimum atomic E-state index is -1.90. The van der Waals surface area contributed by atoms with Crippen LogP contribution in [0.2, 0.25) is 0 Å². The second kappa shape index (κ2) is 2.15. The Morgan fingerprint density at radius 2 is 2.29 bits per heavy atom. The molecule has 0 spiro atoms. The quantitative estimate of drug-likeness (QED) is 0.445. The third kappa shape index (κ3) is 1.05. The first kappa shape index (κ1) is 1.61. The third-order valence-electron chi connectivity index (χ3n) is 1.04. The number of allylic oxidation sites excluding steroid dienone is 1. The zero-order chi connectivity index (χ0) is 9.62. The molecule has 1 aliphatic rings. The van der Waals surface area contributed by atoms with E-state index in [1.165, 1.54) is 6.08 Å². The first-order valence-electron chi connectivity index (χ1n) is 4.86. The predicted octanol–water partition coefficient (Wildman–Crippen LogP) is 2.36. The molecule has 0 aromatic carbocycles. The molecular weight excluding hydrogens is 84.1 g/mol. The molecule has 0 radical (unpaired) electrons. The average Bonchev–Trinajstić information content (AvgIpc) is 1.99. The monoisotopic (exact) mass is 101 g/mol. The van der Waals surface area contributed by atoms with E-state index in [0.717, 1.165) is 0 Å². The van der Waals surface area contributed by atoms with Gasteiger partial charge in [0, 0.05) is 6.85 Å². The minimum absolute atomic E-state index is 0.101. The summed E-state index contributed by atoms with van der Waals surface area (Å²) in [6, 6.07) is 0. The van der Waals surface area contributed by atoms with Crippen LogP contribution in [0.3, 0.4) is 0 Å². The highest BCUT2D eigenvalue weighted by Crippen LogP contribution is 2.24. The van der Waals surface area contributed by atoms with Gasteiger partial charge in [0.25, 0.3) is 0 Å². The molecule has 0 heterocycles. The molecule has 0 saturated heterocycles. The van der Waals surface area contributed by atoms with E-state index in [1.54, 1.807) is 0 Å². The standard InChI is InChI=1S/C7H12/c1-2-7-5-3-4-6-7/h2,7H,1,3-6H2/i3D2,4D2,7D. The summed E-state index contributed by atoms with van der Waals surface area (Å²) in [5.74, 6) is -1.13. The summed E-state index contributed by atoms with van der Waals surface area (Å²) >= 11 is 0. The van der Waals surface area contributed by atoms with Crippen LogP contribution in [0.5, 0.6) is 0 Å². The average molecular weight is 101 g/mol. The smallest absolute Gasteiger partial charge is 0.0346 e. The first-order valence-corrected chi connectivity index (χ1v) is 2.36. The van der Waals surface area contributed by atoms with Gasteiger partial charge in [-0.25, -0.2) is 0 Å². The highest BCUT2D eigenvalue weighted by molar-refractivity contribution is 4.82. The topological polar surface area (TPSA) is 0 Å². The van der Waals surface area contributed by atoms with E-state index in [1.807, 2.05) is 0 Å². The van der Waals surface area contributed by atoms with Crippen molar-refractivity contribution < 1.29 is 6.85 Å². The van der Waals surface area contributed by atoms with Crippen molar-refractivity contribution in [3.63, 3.8) is 0 Å². The molecule has 0 atom stereocenters. The molecule has 0 N–H and O–H groups in total. The van der Waals surface area contributed by atoms with Crippen LogP contribution in [-0.4, -0.2) is 0 Å². The van der Waals surface area contributed by atoms with E-state index < -0.39 is 18.6 Å². The number of hydrogen-bond acceptors (Lipinski definition) is 0. The summed E-state index contributed by atoms with van der Waals surface area (Å²) in [5, 5.41) is 0. The largest absolute Gasteiger partial charge is 0.103 e. The van der Waals surface area contributed by atoms with E-state index in [0.29, 0.717) is 0 Å². The Balaban J connectivity index is 2.95. The maximum Gasteiger partial charge on any atom is 0.0346 e. The molecule has 1 aliphatic carbocycles. The van der Waals surface area contributed by atoms with Crippen molar-refractivity contribution in [1.29, 1.82) is 0 Å². The molecule has 0 aromatic rings. The van der Waals surface area contributed by atoms with Crippen molar-refractivity contribution in [2.24, 2.45) is 5.89 Å². The van der Waals surface area contributed by atoms with Gasteiger partial charge in [-0.2, -0.15) is 0 Å². The second-order valence-electron chi connectivity index (χ2n) is 1.57. The molecule has 0 unspecified atom stereocenters. The molecule has 1 saturated carbocycles. The van der Waals surface area contributed by atoms with Crippen LogP contribution in [0.1, 0.15) is 32.4 Å². The third-order valence-corrected chi connectivity index (χ3v) is 1.04.